The van der Waals surface area contributed by atoms with Crippen LogP contribution in [-0.2, 0) is 0 Å². The lowest BCUT2D eigenvalue weighted by Gasteiger charge is -2.31. The molecule has 2 nitrogen and oxygen atoms in total. The molecule has 0 saturated carbocycles. The van der Waals surface area contributed by atoms with Gasteiger partial charge in [0.25, 0.3) is 0 Å². The maximum Gasteiger partial charge on any atom is 0.0310 e. The first-order valence-corrected chi connectivity index (χ1v) is 5.39. The van der Waals surface area contributed by atoms with Crippen LogP contribution in [0.4, 0.5) is 0 Å². The third kappa shape index (κ3) is 4.12. The van der Waals surface area contributed by atoms with E-state index in [4.69, 9.17) is 11.6 Å². The molecule has 3 heteroatoms. The zero-order chi connectivity index (χ0) is 9.68. The second kappa shape index (κ2) is 5.63. The second-order valence-corrected chi connectivity index (χ2v) is 4.14. The van der Waals surface area contributed by atoms with Gasteiger partial charge in [0.1, 0.15) is 0 Å². The van der Waals surface area contributed by atoms with E-state index in [1.807, 2.05) is 0 Å². The van der Waals surface area contributed by atoms with Crippen molar-refractivity contribution in [2.45, 2.75) is 25.8 Å². The Morgan fingerprint density at radius 3 is 2.62 bits per heavy atom. The van der Waals surface area contributed by atoms with Crippen LogP contribution >= 0.6 is 11.6 Å². The summed E-state index contributed by atoms with van der Waals surface area (Å²) >= 11 is 5.69. The van der Waals surface area contributed by atoms with Gasteiger partial charge in [-0.25, -0.2) is 0 Å². The van der Waals surface area contributed by atoms with Gasteiger partial charge in [0.15, 0.2) is 0 Å². The predicted octanol–water partition coefficient (Wildman–Crippen LogP) is 1.81. The first kappa shape index (κ1) is 11.0. The number of piperidine rings is 1. The number of halogens is 1. The van der Waals surface area contributed by atoms with Gasteiger partial charge in [-0.1, -0.05) is 25.1 Å². The van der Waals surface area contributed by atoms with Crippen molar-refractivity contribution in [3.63, 3.8) is 0 Å². The number of nitrogens with one attached hydrogen (secondary N) is 1. The summed E-state index contributed by atoms with van der Waals surface area (Å²) in [5, 5.41) is 4.11. The molecule has 1 fully saturated rings. The van der Waals surface area contributed by atoms with E-state index in [1.165, 1.54) is 32.5 Å². The normalized spacial score (nSPS) is 20.5. The summed E-state index contributed by atoms with van der Waals surface area (Å²) in [5.74, 6) is 0. The average molecular weight is 203 g/mol. The second-order valence-electron chi connectivity index (χ2n) is 3.61. The van der Waals surface area contributed by atoms with Crippen LogP contribution in [0.5, 0.6) is 0 Å². The van der Waals surface area contributed by atoms with Crippen LogP contribution in [-0.4, -0.2) is 37.1 Å². The Morgan fingerprint density at radius 2 is 2.15 bits per heavy atom. The van der Waals surface area contributed by atoms with Crippen molar-refractivity contribution < 1.29 is 0 Å². The summed E-state index contributed by atoms with van der Waals surface area (Å²) < 4.78 is 0. The third-order valence-electron chi connectivity index (χ3n) is 2.62. The van der Waals surface area contributed by atoms with E-state index in [0.717, 1.165) is 6.54 Å². The number of hydrogen-bond donors (Lipinski definition) is 1. The Hall–Kier alpha value is -0.0500. The highest BCUT2D eigenvalue weighted by atomic mass is 35.5. The third-order valence-corrected chi connectivity index (χ3v) is 2.75. The molecule has 1 saturated heterocycles. The maximum absolute atomic E-state index is 5.69. The van der Waals surface area contributed by atoms with Gasteiger partial charge in [-0.05, 0) is 32.5 Å². The molecule has 0 aromatic heterocycles. The van der Waals surface area contributed by atoms with Crippen molar-refractivity contribution in [2.75, 3.05) is 26.2 Å². The lowest BCUT2D eigenvalue weighted by atomic mass is 10.1. The van der Waals surface area contributed by atoms with E-state index in [-0.39, 0.29) is 0 Å². The summed E-state index contributed by atoms with van der Waals surface area (Å²) in [6.07, 6.45) is 2.47. The summed E-state index contributed by atoms with van der Waals surface area (Å²) in [6.45, 7) is 10.2. The molecule has 1 rings (SSSR count). The summed E-state index contributed by atoms with van der Waals surface area (Å²) in [5.41, 5.74) is 0. The summed E-state index contributed by atoms with van der Waals surface area (Å²) in [7, 11) is 0. The molecule has 0 unspecified atom stereocenters. The Balaban J connectivity index is 2.14. The van der Waals surface area contributed by atoms with E-state index < -0.39 is 0 Å². The molecular formula is C10H19ClN2. The Labute approximate surface area is 85.9 Å². The Morgan fingerprint density at radius 1 is 1.54 bits per heavy atom. The fourth-order valence-corrected chi connectivity index (χ4v) is 1.79. The maximum atomic E-state index is 5.69. The molecule has 0 radical (unpaired) electrons. The van der Waals surface area contributed by atoms with Gasteiger partial charge in [-0.2, -0.15) is 0 Å². The van der Waals surface area contributed by atoms with Gasteiger partial charge >= 0.3 is 0 Å². The molecule has 1 heterocycles. The van der Waals surface area contributed by atoms with Crippen molar-refractivity contribution in [3.05, 3.63) is 11.6 Å². The minimum absolute atomic E-state index is 0.637. The van der Waals surface area contributed by atoms with Crippen LogP contribution in [0.25, 0.3) is 0 Å². The van der Waals surface area contributed by atoms with Crippen molar-refractivity contribution >= 4 is 11.6 Å². The van der Waals surface area contributed by atoms with Crippen LogP contribution in [0.2, 0.25) is 0 Å². The van der Waals surface area contributed by atoms with E-state index >= 15 is 0 Å². The fourth-order valence-electron chi connectivity index (χ4n) is 1.71. The molecule has 76 valence electrons. The highest BCUT2D eigenvalue weighted by Crippen LogP contribution is 2.10. The highest BCUT2D eigenvalue weighted by molar-refractivity contribution is 6.29. The van der Waals surface area contributed by atoms with Gasteiger partial charge in [0.05, 0.1) is 0 Å². The molecular weight excluding hydrogens is 184 g/mol. The lowest BCUT2D eigenvalue weighted by molar-refractivity contribution is 0.208. The minimum atomic E-state index is 0.637. The van der Waals surface area contributed by atoms with Crippen LogP contribution < -0.4 is 5.32 Å². The van der Waals surface area contributed by atoms with Crippen molar-refractivity contribution in [3.8, 4) is 0 Å². The van der Waals surface area contributed by atoms with E-state index in [0.29, 0.717) is 11.1 Å². The van der Waals surface area contributed by atoms with E-state index in [2.05, 4.69) is 23.7 Å². The largest absolute Gasteiger partial charge is 0.309 e. The smallest absolute Gasteiger partial charge is 0.0310 e. The molecule has 0 aromatic carbocycles. The molecule has 0 spiro atoms. The van der Waals surface area contributed by atoms with Crippen LogP contribution in [0.1, 0.15) is 19.8 Å². The number of likely N-dealkylation sites (tertiary alicyclic amines) is 1. The van der Waals surface area contributed by atoms with Crippen molar-refractivity contribution in [1.82, 2.24) is 10.2 Å². The number of hydrogen-bond acceptors (Lipinski definition) is 2. The highest BCUT2D eigenvalue weighted by Gasteiger charge is 2.16. The minimum Gasteiger partial charge on any atom is -0.309 e. The quantitative estimate of drug-likeness (QED) is 0.748. The standard InChI is InChI=1S/C10H19ClN2/c1-3-13-6-4-10(5-7-13)12-8-9(2)11/h10,12H,2-8H2,1H3. The molecule has 0 aromatic rings. The molecule has 1 N–H and O–H groups in total. The van der Waals surface area contributed by atoms with Gasteiger partial charge < -0.3 is 10.2 Å². The van der Waals surface area contributed by atoms with Crippen molar-refractivity contribution in [2.24, 2.45) is 0 Å². The first-order valence-electron chi connectivity index (χ1n) is 5.01. The monoisotopic (exact) mass is 202 g/mol. The van der Waals surface area contributed by atoms with Gasteiger partial charge in [0, 0.05) is 17.6 Å². The first-order chi connectivity index (χ1) is 6.22. The summed E-state index contributed by atoms with van der Waals surface area (Å²) in [6, 6.07) is 0.637. The molecule has 0 amide bonds. The molecule has 1 aliphatic rings. The average Bonchev–Trinajstić information content (AvgIpc) is 2.15. The number of rotatable bonds is 4. The van der Waals surface area contributed by atoms with Crippen LogP contribution in [0, 0.1) is 0 Å². The van der Waals surface area contributed by atoms with Crippen LogP contribution in [0.3, 0.4) is 0 Å². The molecule has 0 aliphatic carbocycles. The predicted molar refractivity (Wildman–Crippen MR) is 58.1 cm³/mol. The molecule has 13 heavy (non-hydrogen) atoms. The van der Waals surface area contributed by atoms with Gasteiger partial charge in [-0.15, -0.1) is 0 Å². The van der Waals surface area contributed by atoms with Gasteiger partial charge in [0.2, 0.25) is 0 Å². The fraction of sp³-hybridized carbons (Fsp3) is 0.800. The zero-order valence-corrected chi connectivity index (χ0v) is 9.11. The molecule has 0 atom stereocenters. The van der Waals surface area contributed by atoms with Crippen LogP contribution in [0.15, 0.2) is 11.6 Å². The Bertz CT molecular complexity index is 162. The topological polar surface area (TPSA) is 15.3 Å². The number of nitrogens with zero attached hydrogens (tertiary/aromatic N) is 1. The van der Waals surface area contributed by atoms with E-state index in [1.54, 1.807) is 0 Å². The van der Waals surface area contributed by atoms with E-state index in [9.17, 15) is 0 Å². The van der Waals surface area contributed by atoms with Crippen molar-refractivity contribution in [1.29, 1.82) is 0 Å². The van der Waals surface area contributed by atoms with Gasteiger partial charge in [-0.3, -0.25) is 0 Å². The molecule has 1 aliphatic heterocycles. The Kier molecular flexibility index (Phi) is 4.78. The lowest BCUT2D eigenvalue weighted by Crippen LogP contribution is -2.42. The SMILES string of the molecule is C=C(Cl)CNC1CCN(CC)CC1. The molecule has 0 bridgehead atoms. The summed E-state index contributed by atoms with van der Waals surface area (Å²) in [4.78, 5) is 2.48. The zero-order valence-electron chi connectivity index (χ0n) is 8.35.